The molecule has 14 heavy (non-hydrogen) atoms. The highest BCUT2D eigenvalue weighted by Gasteiger charge is 2.05. The maximum atomic E-state index is 5.35. The summed E-state index contributed by atoms with van der Waals surface area (Å²) >= 11 is 0. The normalized spacial score (nSPS) is 11.2. The van der Waals surface area contributed by atoms with Crippen LogP contribution < -0.4 is 16.2 Å². The second-order valence-electron chi connectivity index (χ2n) is 2.71. The second kappa shape index (κ2) is 5.18. The molecule has 0 unspecified atom stereocenters. The molecule has 0 saturated carbocycles. The number of aromatic nitrogens is 1. The summed E-state index contributed by atoms with van der Waals surface area (Å²) in [6.45, 7) is 2.64. The van der Waals surface area contributed by atoms with Crippen molar-refractivity contribution < 1.29 is 0 Å². The minimum Gasteiger partial charge on any atom is -0.313 e. The molecule has 5 nitrogen and oxygen atoms in total. The van der Waals surface area contributed by atoms with Crippen molar-refractivity contribution in [2.45, 2.75) is 6.92 Å². The summed E-state index contributed by atoms with van der Waals surface area (Å²) in [5.74, 6) is 5.98. The number of anilines is 1. The van der Waals surface area contributed by atoms with E-state index in [0.717, 1.165) is 5.69 Å². The summed E-state index contributed by atoms with van der Waals surface area (Å²) in [6, 6.07) is 3.81. The van der Waals surface area contributed by atoms with Crippen LogP contribution in [0.15, 0.2) is 29.5 Å². The van der Waals surface area contributed by atoms with E-state index in [1.54, 1.807) is 12.4 Å². The third-order valence-electron chi connectivity index (χ3n) is 1.79. The molecule has 0 aromatic carbocycles. The van der Waals surface area contributed by atoms with Gasteiger partial charge in [-0.1, -0.05) is 0 Å². The quantitative estimate of drug-likeness (QED) is 0.308. The second-order valence-corrected chi connectivity index (χ2v) is 2.71. The molecule has 1 aromatic rings. The van der Waals surface area contributed by atoms with Crippen LogP contribution in [0.3, 0.4) is 0 Å². The van der Waals surface area contributed by atoms with E-state index in [1.807, 2.05) is 31.0 Å². The number of hydrazine groups is 1. The van der Waals surface area contributed by atoms with Crippen LogP contribution in [0.2, 0.25) is 0 Å². The van der Waals surface area contributed by atoms with Gasteiger partial charge in [0.05, 0.1) is 11.9 Å². The lowest BCUT2D eigenvalue weighted by Gasteiger charge is -2.19. The van der Waals surface area contributed by atoms with E-state index in [0.29, 0.717) is 12.5 Å². The van der Waals surface area contributed by atoms with Crippen LogP contribution in [0.1, 0.15) is 6.92 Å². The molecule has 0 bridgehead atoms. The van der Waals surface area contributed by atoms with Gasteiger partial charge in [-0.15, -0.1) is 0 Å². The maximum Gasteiger partial charge on any atom is 0.212 e. The van der Waals surface area contributed by atoms with Crippen LogP contribution in [-0.4, -0.2) is 24.5 Å². The summed E-state index contributed by atoms with van der Waals surface area (Å²) in [5.41, 5.74) is 3.49. The molecule has 0 fully saturated rings. The summed E-state index contributed by atoms with van der Waals surface area (Å²) in [7, 11) is 1.88. The first kappa shape index (κ1) is 10.5. The Morgan fingerprint density at radius 2 is 2.50 bits per heavy atom. The highest BCUT2D eigenvalue weighted by Crippen LogP contribution is 2.08. The maximum absolute atomic E-state index is 5.35. The number of aliphatic imine (C=N–C) groups is 1. The minimum absolute atomic E-state index is 0.625. The van der Waals surface area contributed by atoms with Crippen molar-refractivity contribution >= 4 is 11.6 Å². The molecule has 1 rings (SSSR count). The minimum atomic E-state index is 0.625. The van der Waals surface area contributed by atoms with Gasteiger partial charge in [-0.3, -0.25) is 15.4 Å². The zero-order valence-corrected chi connectivity index (χ0v) is 8.44. The van der Waals surface area contributed by atoms with E-state index in [9.17, 15) is 0 Å². The molecule has 0 atom stereocenters. The topological polar surface area (TPSA) is 66.5 Å². The zero-order valence-electron chi connectivity index (χ0n) is 8.44. The number of hydrogen-bond acceptors (Lipinski definition) is 3. The Morgan fingerprint density at radius 3 is 3.00 bits per heavy atom. The number of guanidine groups is 1. The lowest BCUT2D eigenvalue weighted by Crippen LogP contribution is -2.43. The monoisotopic (exact) mass is 193 g/mol. The number of pyridine rings is 1. The standard InChI is InChI=1S/C9H15N5/c1-3-12-9(13-10)14(2)8-5-4-6-11-7-8/h4-7H,3,10H2,1-2H3,(H,12,13). The molecule has 76 valence electrons. The molecule has 0 radical (unpaired) electrons. The Morgan fingerprint density at radius 1 is 1.71 bits per heavy atom. The fraction of sp³-hybridized carbons (Fsp3) is 0.333. The van der Waals surface area contributed by atoms with Crippen LogP contribution >= 0.6 is 0 Å². The first-order valence-corrected chi connectivity index (χ1v) is 4.44. The smallest absolute Gasteiger partial charge is 0.212 e. The largest absolute Gasteiger partial charge is 0.313 e. The highest BCUT2D eigenvalue weighted by atomic mass is 15.4. The molecule has 1 heterocycles. The average molecular weight is 193 g/mol. The number of hydrogen-bond donors (Lipinski definition) is 2. The predicted octanol–water partition coefficient (Wildman–Crippen LogP) is 0.357. The van der Waals surface area contributed by atoms with E-state index in [2.05, 4.69) is 15.4 Å². The number of rotatable bonds is 2. The van der Waals surface area contributed by atoms with E-state index >= 15 is 0 Å². The highest BCUT2D eigenvalue weighted by molar-refractivity contribution is 5.94. The molecule has 0 aliphatic heterocycles. The molecule has 0 saturated heterocycles. The molecule has 1 aromatic heterocycles. The van der Waals surface area contributed by atoms with E-state index < -0.39 is 0 Å². The van der Waals surface area contributed by atoms with Gasteiger partial charge < -0.3 is 4.90 Å². The molecular weight excluding hydrogens is 178 g/mol. The Kier molecular flexibility index (Phi) is 3.87. The lowest BCUT2D eigenvalue weighted by molar-refractivity contribution is 0.947. The van der Waals surface area contributed by atoms with Crippen LogP contribution in [0, 0.1) is 0 Å². The van der Waals surface area contributed by atoms with Crippen molar-refractivity contribution in [3.05, 3.63) is 24.5 Å². The molecule has 3 N–H and O–H groups in total. The van der Waals surface area contributed by atoms with Crippen molar-refractivity contribution in [1.82, 2.24) is 10.4 Å². The Bertz CT molecular complexity index is 295. The Labute approximate surface area is 83.6 Å². The third-order valence-corrected chi connectivity index (χ3v) is 1.79. The van der Waals surface area contributed by atoms with Gasteiger partial charge in [-0.25, -0.2) is 5.84 Å². The molecule has 0 spiro atoms. The van der Waals surface area contributed by atoms with Crippen molar-refractivity contribution in [1.29, 1.82) is 0 Å². The zero-order chi connectivity index (χ0) is 10.4. The number of nitrogens with two attached hydrogens (primary N) is 1. The summed E-state index contributed by atoms with van der Waals surface area (Å²) in [6.07, 6.45) is 3.48. The van der Waals surface area contributed by atoms with Gasteiger partial charge in [0, 0.05) is 19.8 Å². The van der Waals surface area contributed by atoms with Gasteiger partial charge in [0.1, 0.15) is 0 Å². The van der Waals surface area contributed by atoms with Crippen molar-refractivity contribution in [2.24, 2.45) is 10.8 Å². The first-order chi connectivity index (χ1) is 6.79. The van der Waals surface area contributed by atoms with Crippen molar-refractivity contribution in [3.8, 4) is 0 Å². The summed E-state index contributed by atoms with van der Waals surface area (Å²) in [5, 5.41) is 0. The first-order valence-electron chi connectivity index (χ1n) is 4.44. The molecular formula is C9H15N5. The lowest BCUT2D eigenvalue weighted by atomic mass is 10.4. The SMILES string of the molecule is CCN=C(NN)N(C)c1cccnc1. The van der Waals surface area contributed by atoms with E-state index in [-0.39, 0.29) is 0 Å². The fourth-order valence-electron chi connectivity index (χ4n) is 1.07. The van der Waals surface area contributed by atoms with Gasteiger partial charge in [0.15, 0.2) is 0 Å². The number of nitrogens with one attached hydrogen (secondary N) is 1. The molecule has 5 heteroatoms. The van der Waals surface area contributed by atoms with Gasteiger partial charge in [-0.05, 0) is 19.1 Å². The van der Waals surface area contributed by atoms with Crippen molar-refractivity contribution in [3.63, 3.8) is 0 Å². The fourth-order valence-corrected chi connectivity index (χ4v) is 1.07. The Hall–Kier alpha value is -1.62. The molecule has 0 aliphatic rings. The van der Waals surface area contributed by atoms with Gasteiger partial charge >= 0.3 is 0 Å². The number of nitrogens with zero attached hydrogens (tertiary/aromatic N) is 3. The van der Waals surface area contributed by atoms with E-state index in [1.165, 1.54) is 0 Å². The predicted molar refractivity (Wildman–Crippen MR) is 57.9 cm³/mol. The van der Waals surface area contributed by atoms with Gasteiger partial charge in [-0.2, -0.15) is 0 Å². The average Bonchev–Trinajstić information content (AvgIpc) is 2.26. The molecule has 0 aliphatic carbocycles. The summed E-state index contributed by atoms with van der Waals surface area (Å²) in [4.78, 5) is 10.1. The van der Waals surface area contributed by atoms with E-state index in [4.69, 9.17) is 5.84 Å². The van der Waals surface area contributed by atoms with Crippen LogP contribution in [-0.2, 0) is 0 Å². The van der Waals surface area contributed by atoms with Crippen LogP contribution in [0.4, 0.5) is 5.69 Å². The Balaban J connectivity index is 2.83. The van der Waals surface area contributed by atoms with Crippen molar-refractivity contribution in [2.75, 3.05) is 18.5 Å². The van der Waals surface area contributed by atoms with Gasteiger partial charge in [0.25, 0.3) is 0 Å². The molecule has 0 amide bonds. The third kappa shape index (κ3) is 2.43. The van der Waals surface area contributed by atoms with Crippen LogP contribution in [0.25, 0.3) is 0 Å². The van der Waals surface area contributed by atoms with Gasteiger partial charge in [0.2, 0.25) is 5.96 Å². The summed E-state index contributed by atoms with van der Waals surface area (Å²) < 4.78 is 0. The van der Waals surface area contributed by atoms with Crippen LogP contribution in [0.5, 0.6) is 0 Å².